The molecule has 3 unspecified atom stereocenters. The smallest absolute Gasteiger partial charge is 0.439 e. The quantitative estimate of drug-likeness (QED) is 0.333. The highest BCUT2D eigenvalue weighted by Gasteiger charge is 2.93. The van der Waals surface area contributed by atoms with Gasteiger partial charge in [-0.2, -0.15) is 48.3 Å². The van der Waals surface area contributed by atoms with Crippen LogP contribution in [0.4, 0.5) is 48.3 Å². The van der Waals surface area contributed by atoms with Crippen molar-refractivity contribution in [3.63, 3.8) is 0 Å². The van der Waals surface area contributed by atoms with Crippen molar-refractivity contribution in [2.75, 3.05) is 0 Å². The maximum Gasteiger partial charge on any atom is 0.449 e. The lowest BCUT2D eigenvalue weighted by Crippen LogP contribution is -2.83. The fourth-order valence-electron chi connectivity index (χ4n) is 4.19. The van der Waals surface area contributed by atoms with Crippen molar-refractivity contribution in [1.29, 1.82) is 0 Å². The molecule has 32 heavy (non-hydrogen) atoms. The molecule has 0 aromatic heterocycles. The SMILES string of the molecule is C=CC(=O)OC1(C(F)(F)F)CC(C2CCCCC2)(C(F)(F)F)OC(O)(C(F)(F)F)C1(F)F. The van der Waals surface area contributed by atoms with Crippen LogP contribution in [0.25, 0.3) is 0 Å². The van der Waals surface area contributed by atoms with Crippen LogP contribution in [0.3, 0.4) is 0 Å². The molecule has 0 aromatic rings. The Balaban J connectivity index is 2.96. The third kappa shape index (κ3) is 3.64. The van der Waals surface area contributed by atoms with E-state index in [1.54, 1.807) is 0 Å². The van der Waals surface area contributed by atoms with Crippen LogP contribution < -0.4 is 0 Å². The number of rotatable bonds is 3. The first kappa shape index (κ1) is 26.6. The van der Waals surface area contributed by atoms with Crippen molar-refractivity contribution in [3.05, 3.63) is 12.7 Å². The van der Waals surface area contributed by atoms with Gasteiger partial charge in [0, 0.05) is 12.5 Å². The highest BCUT2D eigenvalue weighted by Crippen LogP contribution is 2.66. The van der Waals surface area contributed by atoms with Crippen LogP contribution in [0.2, 0.25) is 0 Å². The molecule has 0 amide bonds. The summed E-state index contributed by atoms with van der Waals surface area (Å²) in [6.07, 6.45) is -23.9. The van der Waals surface area contributed by atoms with E-state index in [0.717, 1.165) is 0 Å². The van der Waals surface area contributed by atoms with Gasteiger partial charge in [-0.1, -0.05) is 25.8 Å². The molecule has 0 spiro atoms. The Labute approximate surface area is 173 Å². The van der Waals surface area contributed by atoms with E-state index in [4.69, 9.17) is 0 Å². The average Bonchev–Trinajstić information content (AvgIpc) is 2.63. The largest absolute Gasteiger partial charge is 0.449 e. The third-order valence-electron chi connectivity index (χ3n) is 5.80. The fourth-order valence-corrected chi connectivity index (χ4v) is 4.19. The molecule has 3 atom stereocenters. The minimum atomic E-state index is -6.86. The molecule has 186 valence electrons. The molecule has 0 aromatic carbocycles. The van der Waals surface area contributed by atoms with Crippen LogP contribution in [0.1, 0.15) is 38.5 Å². The predicted molar refractivity (Wildman–Crippen MR) is 82.1 cm³/mol. The number of carbonyl (C=O) groups is 1. The van der Waals surface area contributed by atoms with Crippen molar-refractivity contribution in [1.82, 2.24) is 0 Å². The summed E-state index contributed by atoms with van der Waals surface area (Å²) in [5.74, 6) is -17.5. The molecule has 1 aliphatic heterocycles. The summed E-state index contributed by atoms with van der Waals surface area (Å²) < 4.78 is 162. The van der Waals surface area contributed by atoms with Crippen LogP contribution in [-0.2, 0) is 14.3 Å². The Morgan fingerprint density at radius 1 is 0.938 bits per heavy atom. The van der Waals surface area contributed by atoms with E-state index >= 15 is 0 Å². The molecule has 1 N–H and O–H groups in total. The monoisotopic (exact) mass is 494 g/mol. The minimum absolute atomic E-state index is 0.0852. The second-order valence-corrected chi connectivity index (χ2v) is 7.67. The lowest BCUT2D eigenvalue weighted by Gasteiger charge is -2.59. The van der Waals surface area contributed by atoms with Gasteiger partial charge in [-0.15, -0.1) is 0 Å². The number of halogens is 11. The first-order valence-corrected chi connectivity index (χ1v) is 9.08. The van der Waals surface area contributed by atoms with Gasteiger partial charge in [-0.3, -0.25) is 0 Å². The second kappa shape index (κ2) is 7.71. The van der Waals surface area contributed by atoms with E-state index < -0.39 is 72.6 Å². The van der Waals surface area contributed by atoms with Crippen molar-refractivity contribution < 1.29 is 67.7 Å². The molecule has 2 fully saturated rings. The maximum atomic E-state index is 14.9. The summed E-state index contributed by atoms with van der Waals surface area (Å²) in [4.78, 5) is 11.5. The van der Waals surface area contributed by atoms with Crippen LogP contribution in [0.15, 0.2) is 12.7 Å². The Morgan fingerprint density at radius 3 is 1.81 bits per heavy atom. The van der Waals surface area contributed by atoms with Gasteiger partial charge in [0.1, 0.15) is 0 Å². The van der Waals surface area contributed by atoms with Gasteiger partial charge in [-0.05, 0) is 18.8 Å². The zero-order valence-electron chi connectivity index (χ0n) is 15.9. The zero-order chi connectivity index (χ0) is 25.0. The lowest BCUT2D eigenvalue weighted by molar-refractivity contribution is -0.541. The minimum Gasteiger partial charge on any atom is -0.439 e. The number of esters is 1. The van der Waals surface area contributed by atoms with Crippen molar-refractivity contribution in [2.45, 2.75) is 80.0 Å². The van der Waals surface area contributed by atoms with Crippen molar-refractivity contribution >= 4 is 5.97 Å². The zero-order valence-corrected chi connectivity index (χ0v) is 15.9. The molecule has 0 bridgehead atoms. The third-order valence-corrected chi connectivity index (χ3v) is 5.80. The first-order valence-electron chi connectivity index (χ1n) is 9.08. The number of alkyl halides is 11. The summed E-state index contributed by atoms with van der Waals surface area (Å²) >= 11 is 0. The molecule has 4 nitrogen and oxygen atoms in total. The van der Waals surface area contributed by atoms with Crippen LogP contribution in [-0.4, -0.2) is 52.5 Å². The van der Waals surface area contributed by atoms with Crippen molar-refractivity contribution in [2.24, 2.45) is 5.92 Å². The average molecular weight is 494 g/mol. The Hall–Kier alpha value is -1.64. The first-order chi connectivity index (χ1) is 14.2. The van der Waals surface area contributed by atoms with Gasteiger partial charge in [0.25, 0.3) is 5.60 Å². The molecule has 1 aliphatic carbocycles. The topological polar surface area (TPSA) is 55.8 Å². The number of carbonyl (C=O) groups excluding carboxylic acids is 1. The van der Waals surface area contributed by atoms with Gasteiger partial charge >= 0.3 is 36.2 Å². The second-order valence-electron chi connectivity index (χ2n) is 7.67. The standard InChI is InChI=1S/C17H17F11O4/c1-2-10(29)31-12(16(23,24)25)8-11(15(20,21)22,9-6-4-3-5-7-9)32-14(30,13(12,18)19)17(26,27)28/h2,9,30H,1,3-8H2. The molecule has 1 heterocycles. The number of hydrogen-bond acceptors (Lipinski definition) is 4. The molecule has 2 aliphatic rings. The summed E-state index contributed by atoms with van der Waals surface area (Å²) in [5, 5.41) is 9.74. The lowest BCUT2D eigenvalue weighted by atomic mass is 9.66. The van der Waals surface area contributed by atoms with Gasteiger partial charge in [0.05, 0.1) is 0 Å². The normalized spacial score (nSPS) is 34.8. The summed E-state index contributed by atoms with van der Waals surface area (Å²) in [6.45, 7) is 2.62. The number of aliphatic hydroxyl groups is 1. The molecular formula is C17H17F11O4. The highest BCUT2D eigenvalue weighted by molar-refractivity contribution is 5.81. The summed E-state index contributed by atoms with van der Waals surface area (Å²) in [6, 6.07) is 0. The van der Waals surface area contributed by atoms with Gasteiger partial charge in [0.2, 0.25) is 0 Å². The highest BCUT2D eigenvalue weighted by atomic mass is 19.4. The van der Waals surface area contributed by atoms with E-state index in [2.05, 4.69) is 16.1 Å². The van der Waals surface area contributed by atoms with E-state index in [-0.39, 0.29) is 25.3 Å². The predicted octanol–water partition coefficient (Wildman–Crippen LogP) is 5.20. The number of hydrogen-bond donors (Lipinski definition) is 1. The van der Waals surface area contributed by atoms with E-state index in [0.29, 0.717) is 0 Å². The van der Waals surface area contributed by atoms with Gasteiger partial charge in [0.15, 0.2) is 5.60 Å². The Bertz CT molecular complexity index is 738. The van der Waals surface area contributed by atoms with E-state index in [1.807, 2.05) is 0 Å². The number of ether oxygens (including phenoxy) is 2. The van der Waals surface area contributed by atoms with Crippen molar-refractivity contribution in [3.8, 4) is 0 Å². The van der Waals surface area contributed by atoms with Crippen LogP contribution >= 0.6 is 0 Å². The molecular weight excluding hydrogens is 477 g/mol. The summed E-state index contributed by atoms with van der Waals surface area (Å²) in [7, 11) is 0. The molecule has 1 saturated heterocycles. The molecule has 1 saturated carbocycles. The Morgan fingerprint density at radius 2 is 1.44 bits per heavy atom. The molecule has 15 heteroatoms. The van der Waals surface area contributed by atoms with Crippen LogP contribution in [0, 0.1) is 5.92 Å². The molecule has 0 radical (unpaired) electrons. The van der Waals surface area contributed by atoms with Gasteiger partial charge in [-0.25, -0.2) is 4.79 Å². The fraction of sp³-hybridized carbons (Fsp3) is 0.824. The maximum absolute atomic E-state index is 14.9. The molecule has 2 rings (SSSR count). The summed E-state index contributed by atoms with van der Waals surface area (Å²) in [5.41, 5.74) is -10.3. The van der Waals surface area contributed by atoms with Crippen LogP contribution in [0.5, 0.6) is 0 Å². The Kier molecular flexibility index (Phi) is 6.41. The van der Waals surface area contributed by atoms with Gasteiger partial charge < -0.3 is 14.6 Å². The van der Waals surface area contributed by atoms with E-state index in [9.17, 15) is 58.2 Å². The van der Waals surface area contributed by atoms with E-state index in [1.165, 1.54) is 0 Å².